The predicted octanol–water partition coefficient (Wildman–Crippen LogP) is 0.821. The van der Waals surface area contributed by atoms with Crippen LogP contribution in [-0.2, 0) is 0 Å². The lowest BCUT2D eigenvalue weighted by molar-refractivity contribution is 0.0661. The summed E-state index contributed by atoms with van der Waals surface area (Å²) in [5.41, 5.74) is 0.946. The van der Waals surface area contributed by atoms with Crippen LogP contribution >= 0.6 is 0 Å². The number of carbonyl (C=O) groups is 1. The minimum Gasteiger partial charge on any atom is -0.505 e. The van der Waals surface area contributed by atoms with Crippen LogP contribution in [0.4, 0.5) is 5.69 Å². The Bertz CT molecular complexity index is 440. The van der Waals surface area contributed by atoms with Gasteiger partial charge in [-0.3, -0.25) is 4.79 Å². The molecule has 0 unspecified atom stereocenters. The van der Waals surface area contributed by atoms with Crippen molar-refractivity contribution in [3.05, 3.63) is 23.8 Å². The molecule has 0 radical (unpaired) electrons. The van der Waals surface area contributed by atoms with Gasteiger partial charge in [-0.05, 0) is 19.2 Å². The maximum Gasteiger partial charge on any atom is 0.257 e. The molecule has 0 bridgehead atoms. The Balaban J connectivity index is 2.18. The van der Waals surface area contributed by atoms with E-state index in [4.69, 9.17) is 0 Å². The lowest BCUT2D eigenvalue weighted by Crippen LogP contribution is -2.47. The highest BCUT2D eigenvalue weighted by atomic mass is 16.3. The number of phenols is 1. The average Bonchev–Trinajstić information content (AvgIpc) is 2.39. The quantitative estimate of drug-likeness (QED) is 0.762. The molecule has 1 amide bonds. The Morgan fingerprint density at radius 2 is 1.94 bits per heavy atom. The third-order valence-electron chi connectivity index (χ3n) is 3.33. The normalized spacial score (nSPS) is 16.7. The highest BCUT2D eigenvalue weighted by Crippen LogP contribution is 2.28. The number of likely N-dealkylation sites (N-methyl/N-ethyl adjacent to an activating group) is 1. The van der Waals surface area contributed by atoms with Gasteiger partial charge in [-0.25, -0.2) is 0 Å². The SMILES string of the molecule is CNc1cccc(C(=O)N2CCN(C)CC2)c1O. The van der Waals surface area contributed by atoms with Gasteiger partial charge in [0.05, 0.1) is 11.3 Å². The molecule has 0 aliphatic carbocycles. The van der Waals surface area contributed by atoms with Crippen LogP contribution in [-0.4, -0.2) is 61.1 Å². The van der Waals surface area contributed by atoms with E-state index in [0.29, 0.717) is 24.3 Å². The number of piperazine rings is 1. The molecule has 1 aromatic rings. The Morgan fingerprint density at radius 3 is 2.56 bits per heavy atom. The molecule has 5 nitrogen and oxygen atoms in total. The van der Waals surface area contributed by atoms with E-state index >= 15 is 0 Å². The summed E-state index contributed by atoms with van der Waals surface area (Å²) >= 11 is 0. The molecule has 0 spiro atoms. The Labute approximate surface area is 107 Å². The fraction of sp³-hybridized carbons (Fsp3) is 0.462. The van der Waals surface area contributed by atoms with E-state index in [-0.39, 0.29) is 11.7 Å². The van der Waals surface area contributed by atoms with Gasteiger partial charge in [0, 0.05) is 33.2 Å². The van der Waals surface area contributed by atoms with Gasteiger partial charge < -0.3 is 20.2 Å². The van der Waals surface area contributed by atoms with E-state index in [0.717, 1.165) is 13.1 Å². The smallest absolute Gasteiger partial charge is 0.257 e. The lowest BCUT2D eigenvalue weighted by atomic mass is 10.1. The Hall–Kier alpha value is -1.75. The second-order valence-electron chi connectivity index (χ2n) is 4.55. The van der Waals surface area contributed by atoms with E-state index in [1.54, 1.807) is 30.1 Å². The van der Waals surface area contributed by atoms with E-state index in [1.165, 1.54) is 0 Å². The number of para-hydroxylation sites is 1. The maximum atomic E-state index is 12.3. The van der Waals surface area contributed by atoms with E-state index in [1.807, 2.05) is 7.05 Å². The van der Waals surface area contributed by atoms with Gasteiger partial charge in [0.25, 0.3) is 5.91 Å². The Morgan fingerprint density at radius 1 is 1.28 bits per heavy atom. The first kappa shape index (κ1) is 12.7. The molecule has 2 N–H and O–H groups in total. The monoisotopic (exact) mass is 249 g/mol. The highest BCUT2D eigenvalue weighted by molar-refractivity contribution is 5.98. The molecule has 1 aliphatic heterocycles. The summed E-state index contributed by atoms with van der Waals surface area (Å²) in [6.45, 7) is 3.16. The third kappa shape index (κ3) is 2.41. The van der Waals surface area contributed by atoms with E-state index < -0.39 is 0 Å². The van der Waals surface area contributed by atoms with Crippen molar-refractivity contribution in [2.75, 3.05) is 45.6 Å². The van der Waals surface area contributed by atoms with Crippen LogP contribution in [0.15, 0.2) is 18.2 Å². The summed E-state index contributed by atoms with van der Waals surface area (Å²) in [6.07, 6.45) is 0. The molecule has 0 atom stereocenters. The Kier molecular flexibility index (Phi) is 3.72. The van der Waals surface area contributed by atoms with Crippen molar-refractivity contribution >= 4 is 11.6 Å². The van der Waals surface area contributed by atoms with Crippen LogP contribution in [0, 0.1) is 0 Å². The number of phenolic OH excluding ortho intramolecular Hbond substituents is 1. The molecule has 1 aromatic carbocycles. The number of anilines is 1. The number of aromatic hydroxyl groups is 1. The molecule has 1 heterocycles. The van der Waals surface area contributed by atoms with Crippen molar-refractivity contribution in [2.24, 2.45) is 0 Å². The summed E-state index contributed by atoms with van der Waals surface area (Å²) in [5.74, 6) is -0.0679. The first-order valence-electron chi connectivity index (χ1n) is 6.11. The van der Waals surface area contributed by atoms with E-state index in [9.17, 15) is 9.90 Å². The second kappa shape index (κ2) is 5.27. The minimum atomic E-state index is -0.0994. The zero-order valence-corrected chi connectivity index (χ0v) is 10.8. The molecular formula is C13H19N3O2. The zero-order chi connectivity index (χ0) is 13.1. The molecule has 1 fully saturated rings. The summed E-state index contributed by atoms with van der Waals surface area (Å²) < 4.78 is 0. The molecular weight excluding hydrogens is 230 g/mol. The van der Waals surface area contributed by atoms with Gasteiger partial charge in [0.1, 0.15) is 0 Å². The van der Waals surface area contributed by atoms with Crippen LogP contribution in [0.2, 0.25) is 0 Å². The van der Waals surface area contributed by atoms with Gasteiger partial charge in [-0.15, -0.1) is 0 Å². The molecule has 98 valence electrons. The lowest BCUT2D eigenvalue weighted by Gasteiger charge is -2.32. The first-order chi connectivity index (χ1) is 8.63. The standard InChI is InChI=1S/C13H19N3O2/c1-14-11-5-3-4-10(12(11)17)13(18)16-8-6-15(2)7-9-16/h3-5,14,17H,6-9H2,1-2H3. The molecule has 0 aromatic heterocycles. The summed E-state index contributed by atoms with van der Waals surface area (Å²) in [5, 5.41) is 12.9. The maximum absolute atomic E-state index is 12.3. The molecule has 0 saturated carbocycles. The topological polar surface area (TPSA) is 55.8 Å². The van der Waals surface area contributed by atoms with Crippen LogP contribution in [0.1, 0.15) is 10.4 Å². The molecule has 18 heavy (non-hydrogen) atoms. The number of carbonyl (C=O) groups excluding carboxylic acids is 1. The zero-order valence-electron chi connectivity index (χ0n) is 10.8. The largest absolute Gasteiger partial charge is 0.505 e. The van der Waals surface area contributed by atoms with Crippen LogP contribution in [0.25, 0.3) is 0 Å². The minimum absolute atomic E-state index is 0.0314. The van der Waals surface area contributed by atoms with Crippen molar-refractivity contribution in [1.29, 1.82) is 0 Å². The number of benzene rings is 1. The van der Waals surface area contributed by atoms with Gasteiger partial charge in [0.2, 0.25) is 0 Å². The average molecular weight is 249 g/mol. The van der Waals surface area contributed by atoms with Gasteiger partial charge >= 0.3 is 0 Å². The molecule has 5 heteroatoms. The first-order valence-corrected chi connectivity index (χ1v) is 6.11. The summed E-state index contributed by atoms with van der Waals surface area (Å²) in [6, 6.07) is 5.18. The second-order valence-corrected chi connectivity index (χ2v) is 4.55. The number of nitrogens with one attached hydrogen (secondary N) is 1. The predicted molar refractivity (Wildman–Crippen MR) is 71.1 cm³/mol. The van der Waals surface area contributed by atoms with Gasteiger partial charge in [0.15, 0.2) is 5.75 Å². The van der Waals surface area contributed by atoms with Crippen LogP contribution in [0.5, 0.6) is 5.75 Å². The number of amides is 1. The fourth-order valence-corrected chi connectivity index (χ4v) is 2.10. The van der Waals surface area contributed by atoms with Crippen LogP contribution < -0.4 is 5.32 Å². The van der Waals surface area contributed by atoms with Crippen molar-refractivity contribution in [2.45, 2.75) is 0 Å². The van der Waals surface area contributed by atoms with E-state index in [2.05, 4.69) is 10.2 Å². The number of hydrogen-bond donors (Lipinski definition) is 2. The van der Waals surface area contributed by atoms with Crippen molar-refractivity contribution in [3.63, 3.8) is 0 Å². The molecule has 1 saturated heterocycles. The number of hydrogen-bond acceptors (Lipinski definition) is 4. The van der Waals surface area contributed by atoms with Crippen molar-refractivity contribution in [3.8, 4) is 5.75 Å². The summed E-state index contributed by atoms with van der Waals surface area (Å²) in [7, 11) is 3.76. The third-order valence-corrected chi connectivity index (χ3v) is 3.33. The molecule has 2 rings (SSSR count). The fourth-order valence-electron chi connectivity index (χ4n) is 2.10. The number of rotatable bonds is 2. The van der Waals surface area contributed by atoms with Crippen molar-refractivity contribution in [1.82, 2.24) is 9.80 Å². The number of nitrogens with zero attached hydrogens (tertiary/aromatic N) is 2. The molecule has 1 aliphatic rings. The van der Waals surface area contributed by atoms with Gasteiger partial charge in [-0.2, -0.15) is 0 Å². The highest BCUT2D eigenvalue weighted by Gasteiger charge is 2.23. The summed E-state index contributed by atoms with van der Waals surface area (Å²) in [4.78, 5) is 16.3. The van der Waals surface area contributed by atoms with Crippen LogP contribution in [0.3, 0.4) is 0 Å². The van der Waals surface area contributed by atoms with Crippen molar-refractivity contribution < 1.29 is 9.90 Å². The van der Waals surface area contributed by atoms with Gasteiger partial charge in [-0.1, -0.05) is 6.07 Å².